The fraction of sp³-hybridized carbons (Fsp3) is 0.680. The molecule has 0 radical (unpaired) electrons. The van der Waals surface area contributed by atoms with E-state index in [1.807, 2.05) is 13.0 Å². The van der Waals surface area contributed by atoms with Crippen LogP contribution >= 0.6 is 0 Å². The molecule has 0 saturated carbocycles. The number of allylic oxidation sites excluding steroid dienone is 1. The number of aliphatic hydroxyl groups is 1. The highest BCUT2D eigenvalue weighted by atomic mass is 16.6. The van der Waals surface area contributed by atoms with E-state index in [2.05, 4.69) is 5.32 Å². The van der Waals surface area contributed by atoms with Crippen LogP contribution in [0, 0.1) is 11.8 Å². The Labute approximate surface area is 205 Å². The van der Waals surface area contributed by atoms with Crippen LogP contribution in [-0.4, -0.2) is 95.2 Å². The van der Waals surface area contributed by atoms with E-state index in [4.69, 9.17) is 9.47 Å². The minimum Gasteiger partial charge on any atom is -0.460 e. The second-order valence-electron chi connectivity index (χ2n) is 9.66. The Morgan fingerprint density at radius 3 is 2.71 bits per heavy atom. The van der Waals surface area contributed by atoms with Crippen molar-refractivity contribution in [3.8, 4) is 0 Å². The van der Waals surface area contributed by atoms with Crippen molar-refractivity contribution in [2.24, 2.45) is 11.8 Å². The van der Waals surface area contributed by atoms with Crippen molar-refractivity contribution >= 4 is 23.7 Å². The summed E-state index contributed by atoms with van der Waals surface area (Å²) < 4.78 is 12.1. The molecule has 2 fully saturated rings. The summed E-state index contributed by atoms with van der Waals surface area (Å²) in [5.41, 5.74) is -1.35. The Bertz CT molecular complexity index is 919. The van der Waals surface area contributed by atoms with Gasteiger partial charge in [0.05, 0.1) is 25.2 Å². The molecule has 35 heavy (non-hydrogen) atoms. The number of esters is 1. The first-order chi connectivity index (χ1) is 16.8. The minimum absolute atomic E-state index is 0.0307. The number of rotatable bonds is 5. The summed E-state index contributed by atoms with van der Waals surface area (Å²) in [6.07, 6.45) is 8.17. The van der Waals surface area contributed by atoms with E-state index in [1.165, 1.54) is 4.90 Å². The van der Waals surface area contributed by atoms with E-state index < -0.39 is 47.6 Å². The molecule has 2 N–H and O–H groups in total. The third-order valence-corrected chi connectivity index (χ3v) is 7.24. The zero-order valence-electron chi connectivity index (χ0n) is 20.4. The summed E-state index contributed by atoms with van der Waals surface area (Å²) in [7, 11) is 0. The Balaban J connectivity index is 1.75. The molecule has 0 aliphatic carbocycles. The van der Waals surface area contributed by atoms with Crippen LogP contribution in [0.5, 0.6) is 0 Å². The molecule has 2 saturated heterocycles. The molecule has 1 spiro atoms. The molecule has 3 amide bonds. The molecule has 0 aromatic carbocycles. The number of hydrogen-bond acceptors (Lipinski definition) is 7. The van der Waals surface area contributed by atoms with Crippen LogP contribution in [-0.2, 0) is 28.7 Å². The molecule has 10 heteroatoms. The molecule has 4 rings (SSSR count). The van der Waals surface area contributed by atoms with Gasteiger partial charge in [-0.2, -0.15) is 0 Å². The van der Waals surface area contributed by atoms with Crippen molar-refractivity contribution in [3.63, 3.8) is 0 Å². The number of nitrogens with zero attached hydrogens (tertiary/aromatic N) is 2. The van der Waals surface area contributed by atoms with Gasteiger partial charge < -0.3 is 29.7 Å². The Morgan fingerprint density at radius 2 is 1.97 bits per heavy atom. The zero-order chi connectivity index (χ0) is 25.2. The highest BCUT2D eigenvalue weighted by molar-refractivity contribution is 5.99. The van der Waals surface area contributed by atoms with E-state index >= 15 is 0 Å². The summed E-state index contributed by atoms with van der Waals surface area (Å²) in [4.78, 5) is 56.0. The van der Waals surface area contributed by atoms with Crippen LogP contribution in [0.1, 0.15) is 39.5 Å². The predicted octanol–water partition coefficient (Wildman–Crippen LogP) is 0.156. The fourth-order valence-electron chi connectivity index (χ4n) is 5.61. The van der Waals surface area contributed by atoms with Gasteiger partial charge in [-0.1, -0.05) is 37.6 Å². The number of β-amino-alcohol motifs (C(OH)–C–C–N with tert-alkyl or cyclic N) is 1. The van der Waals surface area contributed by atoms with Gasteiger partial charge in [-0.25, -0.2) is 0 Å². The highest BCUT2D eigenvalue weighted by Crippen LogP contribution is 2.53. The van der Waals surface area contributed by atoms with Crippen LogP contribution in [0.3, 0.4) is 0 Å². The molecule has 0 aromatic heterocycles. The van der Waals surface area contributed by atoms with Crippen molar-refractivity contribution in [2.75, 3.05) is 32.8 Å². The van der Waals surface area contributed by atoms with Crippen LogP contribution < -0.4 is 5.32 Å². The molecule has 6 atom stereocenters. The molecule has 4 aliphatic heterocycles. The predicted molar refractivity (Wildman–Crippen MR) is 125 cm³/mol. The number of carbonyl (C=O) groups excluding carboxylic acids is 4. The number of unbranched alkanes of at least 4 members (excludes halogenated alkanes) is 1. The standard InChI is InChI=1S/C25H35N3O7/c1-3-4-11-27-12-7-10-25-20(22(31)28(13-14-29)21(25)23(27)32)19-17(35-25)8-5-6-9-18(30)26-15-16(2)34-24(19)33/h5,7-8,10,16-17,19-21,29H,3-4,6,9,11-15H2,1-2H3,(H,26,30)/b8-5-/t16-,17-,19+,20+,21-,25+/m0/s1. The Hall–Kier alpha value is -2.72. The summed E-state index contributed by atoms with van der Waals surface area (Å²) >= 11 is 0. The van der Waals surface area contributed by atoms with Crippen molar-refractivity contribution in [1.82, 2.24) is 15.1 Å². The van der Waals surface area contributed by atoms with E-state index in [1.54, 1.807) is 30.1 Å². The summed E-state index contributed by atoms with van der Waals surface area (Å²) in [6.45, 7) is 4.48. The lowest BCUT2D eigenvalue weighted by atomic mass is 9.78. The van der Waals surface area contributed by atoms with E-state index in [0.717, 1.165) is 12.8 Å². The fourth-order valence-corrected chi connectivity index (χ4v) is 5.61. The average molecular weight is 490 g/mol. The van der Waals surface area contributed by atoms with Gasteiger partial charge in [0.25, 0.3) is 0 Å². The normalized spacial score (nSPS) is 36.4. The van der Waals surface area contributed by atoms with Gasteiger partial charge in [0, 0.05) is 26.1 Å². The maximum atomic E-state index is 13.8. The number of ether oxygens (including phenoxy) is 2. The Kier molecular flexibility index (Phi) is 7.61. The number of likely N-dealkylation sites (tertiary alicyclic amines) is 1. The number of amides is 3. The SMILES string of the molecule is CCCCN1CC=C[C@@]23O[C@H]4/C=C\CCC(=O)NC[C@H](C)OC(=O)[C@H]4[C@@H]2C(=O)N(CCO)[C@H]3C1=O. The van der Waals surface area contributed by atoms with Crippen LogP contribution in [0.25, 0.3) is 0 Å². The number of cyclic esters (lactones) is 1. The van der Waals surface area contributed by atoms with Crippen LogP contribution in [0.4, 0.5) is 0 Å². The lowest BCUT2D eigenvalue weighted by Gasteiger charge is -2.35. The average Bonchev–Trinajstić information content (AvgIpc) is 3.20. The summed E-state index contributed by atoms with van der Waals surface area (Å²) in [6, 6.07) is -0.979. The molecule has 0 unspecified atom stereocenters. The second-order valence-corrected chi connectivity index (χ2v) is 9.66. The van der Waals surface area contributed by atoms with Crippen LogP contribution in [0.2, 0.25) is 0 Å². The van der Waals surface area contributed by atoms with Gasteiger partial charge in [0.15, 0.2) is 0 Å². The summed E-state index contributed by atoms with van der Waals surface area (Å²) in [5.74, 6) is -3.30. The number of nitrogens with one attached hydrogen (secondary N) is 1. The maximum absolute atomic E-state index is 13.8. The molecule has 0 bridgehead atoms. The van der Waals surface area contributed by atoms with Crippen molar-refractivity contribution < 1.29 is 33.8 Å². The minimum atomic E-state index is -1.35. The molecule has 4 heterocycles. The topological polar surface area (TPSA) is 125 Å². The number of carbonyl (C=O) groups is 4. The first kappa shape index (κ1) is 25.4. The number of hydrogen-bond donors (Lipinski definition) is 2. The highest BCUT2D eigenvalue weighted by Gasteiger charge is 2.71. The lowest BCUT2D eigenvalue weighted by molar-refractivity contribution is -0.158. The molecule has 192 valence electrons. The van der Waals surface area contributed by atoms with Crippen LogP contribution in [0.15, 0.2) is 24.3 Å². The summed E-state index contributed by atoms with van der Waals surface area (Å²) in [5, 5.41) is 12.4. The van der Waals surface area contributed by atoms with Gasteiger partial charge in [0.1, 0.15) is 23.7 Å². The van der Waals surface area contributed by atoms with E-state index in [0.29, 0.717) is 19.5 Å². The zero-order valence-corrected chi connectivity index (χ0v) is 20.4. The van der Waals surface area contributed by atoms with Gasteiger partial charge in [-0.15, -0.1) is 0 Å². The Morgan fingerprint density at radius 1 is 1.17 bits per heavy atom. The van der Waals surface area contributed by atoms with Gasteiger partial charge in [-0.3, -0.25) is 19.2 Å². The lowest BCUT2D eigenvalue weighted by Crippen LogP contribution is -2.55. The quantitative estimate of drug-likeness (QED) is 0.416. The molecular weight excluding hydrogens is 454 g/mol. The third-order valence-electron chi connectivity index (χ3n) is 7.24. The van der Waals surface area contributed by atoms with E-state index in [9.17, 15) is 24.3 Å². The van der Waals surface area contributed by atoms with Gasteiger partial charge in [-0.05, 0) is 19.8 Å². The molecule has 0 aromatic rings. The van der Waals surface area contributed by atoms with E-state index in [-0.39, 0.29) is 37.9 Å². The monoisotopic (exact) mass is 489 g/mol. The van der Waals surface area contributed by atoms with Gasteiger partial charge >= 0.3 is 5.97 Å². The molecule has 4 aliphatic rings. The van der Waals surface area contributed by atoms with Crippen molar-refractivity contribution in [3.05, 3.63) is 24.3 Å². The first-order valence-corrected chi connectivity index (χ1v) is 12.5. The maximum Gasteiger partial charge on any atom is 0.313 e. The van der Waals surface area contributed by atoms with Gasteiger partial charge in [0.2, 0.25) is 17.7 Å². The van der Waals surface area contributed by atoms with Crippen molar-refractivity contribution in [2.45, 2.75) is 63.4 Å². The number of aliphatic hydroxyl groups excluding tert-OH is 1. The third kappa shape index (κ3) is 4.61. The molecular formula is C25H35N3O7. The van der Waals surface area contributed by atoms with Crippen molar-refractivity contribution in [1.29, 1.82) is 0 Å². The smallest absolute Gasteiger partial charge is 0.313 e. The largest absolute Gasteiger partial charge is 0.460 e. The molecule has 10 nitrogen and oxygen atoms in total. The first-order valence-electron chi connectivity index (χ1n) is 12.5. The second kappa shape index (κ2) is 10.5. The number of fused-ring (bicyclic) bond motifs is 2.